The molecule has 2 N–H and O–H groups in total. The third-order valence-electron chi connectivity index (χ3n) is 5.01. The second-order valence-corrected chi connectivity index (χ2v) is 7.39. The Morgan fingerprint density at radius 2 is 1.88 bits per heavy atom. The van der Waals surface area contributed by atoms with E-state index < -0.39 is 12.0 Å². The van der Waals surface area contributed by atoms with Gasteiger partial charge in [0.15, 0.2) is 5.82 Å². The van der Waals surface area contributed by atoms with Crippen molar-refractivity contribution in [1.29, 1.82) is 0 Å². The number of rotatable bonds is 8. The minimum atomic E-state index is -0.789. The molecule has 1 aliphatic heterocycles. The molecule has 1 atom stereocenters. The summed E-state index contributed by atoms with van der Waals surface area (Å²) in [4.78, 5) is 41.2. The van der Waals surface area contributed by atoms with Crippen molar-refractivity contribution >= 4 is 29.4 Å². The number of anilines is 2. The van der Waals surface area contributed by atoms with Crippen LogP contribution in [0.25, 0.3) is 11.4 Å². The molecule has 164 valence electrons. The van der Waals surface area contributed by atoms with Gasteiger partial charge >= 0.3 is 5.97 Å². The highest BCUT2D eigenvalue weighted by atomic mass is 16.5. The molecule has 0 bridgehead atoms. The number of hydrogen-bond acceptors (Lipinski definition) is 6. The fraction of sp³-hybridized carbons (Fsp3) is 0.261. The molecule has 3 aromatic rings. The lowest BCUT2D eigenvalue weighted by Gasteiger charge is -2.10. The van der Waals surface area contributed by atoms with Crippen molar-refractivity contribution in [3.8, 4) is 11.4 Å². The van der Waals surface area contributed by atoms with Gasteiger partial charge in [-0.05, 0) is 30.7 Å². The number of amides is 2. The van der Waals surface area contributed by atoms with Gasteiger partial charge in [-0.1, -0.05) is 43.7 Å². The lowest BCUT2D eigenvalue weighted by molar-refractivity contribution is -0.123. The minimum Gasteiger partial charge on any atom is -0.462 e. The maximum absolute atomic E-state index is 12.5. The highest BCUT2D eigenvalue weighted by Gasteiger charge is 2.35. The Labute approximate surface area is 184 Å². The lowest BCUT2D eigenvalue weighted by Crippen LogP contribution is -2.23. The predicted molar refractivity (Wildman–Crippen MR) is 118 cm³/mol. The second-order valence-electron chi connectivity index (χ2n) is 7.39. The van der Waals surface area contributed by atoms with Crippen molar-refractivity contribution < 1.29 is 19.1 Å². The molecule has 9 heteroatoms. The highest BCUT2D eigenvalue weighted by molar-refractivity contribution is 6.01. The summed E-state index contributed by atoms with van der Waals surface area (Å²) in [6.45, 7) is 2.40. The number of aromatic nitrogens is 3. The van der Waals surface area contributed by atoms with Crippen molar-refractivity contribution in [3.63, 3.8) is 0 Å². The van der Waals surface area contributed by atoms with Crippen LogP contribution >= 0.6 is 0 Å². The van der Waals surface area contributed by atoms with Gasteiger partial charge in [0, 0.05) is 11.3 Å². The molecule has 0 radical (unpaired) electrons. The molecule has 0 saturated heterocycles. The summed E-state index contributed by atoms with van der Waals surface area (Å²) in [6.07, 6.45) is 1.66. The smallest absolute Gasteiger partial charge is 0.338 e. The molecule has 0 fully saturated rings. The summed E-state index contributed by atoms with van der Waals surface area (Å²) in [7, 11) is 0. The van der Waals surface area contributed by atoms with Gasteiger partial charge in [-0.25, -0.2) is 9.48 Å². The third kappa shape index (κ3) is 4.66. The van der Waals surface area contributed by atoms with Crippen LogP contribution in [0.1, 0.15) is 42.6 Å². The number of unbranched alkanes of at least 4 members (excludes halogenated alkanes) is 1. The number of esters is 1. The van der Waals surface area contributed by atoms with Crippen LogP contribution in [0, 0.1) is 0 Å². The molecular weight excluding hydrogens is 410 g/mol. The molecule has 1 aromatic heterocycles. The average Bonchev–Trinajstić information content (AvgIpc) is 3.33. The molecule has 2 heterocycles. The van der Waals surface area contributed by atoms with E-state index in [0.717, 1.165) is 18.4 Å². The number of nitrogens with zero attached hydrogens (tertiary/aromatic N) is 3. The summed E-state index contributed by atoms with van der Waals surface area (Å²) < 4.78 is 6.61. The zero-order valence-electron chi connectivity index (χ0n) is 17.6. The van der Waals surface area contributed by atoms with E-state index in [-0.39, 0.29) is 18.2 Å². The van der Waals surface area contributed by atoms with Gasteiger partial charge < -0.3 is 10.1 Å². The Hall–Kier alpha value is -4.01. The van der Waals surface area contributed by atoms with Gasteiger partial charge in [0.1, 0.15) is 6.04 Å². The molecular formula is C23H23N5O4. The largest absolute Gasteiger partial charge is 0.462 e. The Kier molecular flexibility index (Phi) is 6.25. The topological polar surface area (TPSA) is 115 Å². The lowest BCUT2D eigenvalue weighted by atomic mass is 10.1. The fourth-order valence-electron chi connectivity index (χ4n) is 3.29. The van der Waals surface area contributed by atoms with Gasteiger partial charge in [0.25, 0.3) is 5.91 Å². The Bertz CT molecular complexity index is 1130. The Balaban J connectivity index is 1.38. The van der Waals surface area contributed by atoms with Crippen LogP contribution in [0.15, 0.2) is 54.6 Å². The summed E-state index contributed by atoms with van der Waals surface area (Å²) in [5.41, 5.74) is 1.75. The van der Waals surface area contributed by atoms with Crippen LogP contribution in [-0.4, -0.2) is 39.2 Å². The van der Waals surface area contributed by atoms with E-state index >= 15 is 0 Å². The van der Waals surface area contributed by atoms with E-state index in [0.29, 0.717) is 29.6 Å². The molecule has 4 rings (SSSR count). The highest BCUT2D eigenvalue weighted by Crippen LogP contribution is 2.28. The molecule has 9 nitrogen and oxygen atoms in total. The standard InChI is InChI=1S/C23H23N5O4/c1-2-3-13-32-22(31)16-9-11-17(12-10-16)24-19(29)14-18-21(30)26-23-25-20(27-28(18)23)15-7-5-4-6-8-15/h4-12,18H,2-3,13-14H2,1H3,(H,24,29)(H,25,26,27,30). The summed E-state index contributed by atoms with van der Waals surface area (Å²) >= 11 is 0. The quantitative estimate of drug-likeness (QED) is 0.415. The Morgan fingerprint density at radius 1 is 1.12 bits per heavy atom. The van der Waals surface area contributed by atoms with Gasteiger partial charge in [-0.15, -0.1) is 5.10 Å². The van der Waals surface area contributed by atoms with Crippen molar-refractivity contribution in [1.82, 2.24) is 14.8 Å². The van der Waals surface area contributed by atoms with Crippen LogP contribution in [0.2, 0.25) is 0 Å². The second kappa shape index (κ2) is 9.42. The number of fused-ring (bicyclic) bond motifs is 1. The zero-order chi connectivity index (χ0) is 22.5. The number of carbonyl (C=O) groups excluding carboxylic acids is 3. The van der Waals surface area contributed by atoms with E-state index in [4.69, 9.17) is 4.74 Å². The molecule has 0 saturated carbocycles. The van der Waals surface area contributed by atoms with Crippen molar-refractivity contribution in [2.45, 2.75) is 32.2 Å². The van der Waals surface area contributed by atoms with Crippen LogP contribution < -0.4 is 10.6 Å². The first-order chi connectivity index (χ1) is 15.5. The number of ether oxygens (including phenoxy) is 1. The van der Waals surface area contributed by atoms with Crippen molar-refractivity contribution in [2.75, 3.05) is 17.2 Å². The number of carbonyl (C=O) groups is 3. The summed E-state index contributed by atoms with van der Waals surface area (Å²) in [5, 5.41) is 9.82. The van der Waals surface area contributed by atoms with E-state index in [1.165, 1.54) is 4.68 Å². The SMILES string of the molecule is CCCCOC(=O)c1ccc(NC(=O)CC2C(=O)Nc3nc(-c4ccccc4)nn32)cc1. The summed E-state index contributed by atoms with van der Waals surface area (Å²) in [5.74, 6) is -0.287. The van der Waals surface area contributed by atoms with Crippen LogP contribution in [0.3, 0.4) is 0 Å². The van der Waals surface area contributed by atoms with E-state index in [9.17, 15) is 14.4 Å². The predicted octanol–water partition coefficient (Wildman–Crippen LogP) is 3.42. The van der Waals surface area contributed by atoms with E-state index in [2.05, 4.69) is 20.7 Å². The van der Waals surface area contributed by atoms with Gasteiger partial charge in [0.2, 0.25) is 11.9 Å². The maximum Gasteiger partial charge on any atom is 0.338 e. The number of hydrogen-bond donors (Lipinski definition) is 2. The van der Waals surface area contributed by atoms with Gasteiger partial charge in [-0.3, -0.25) is 14.9 Å². The van der Waals surface area contributed by atoms with Gasteiger partial charge in [-0.2, -0.15) is 4.98 Å². The third-order valence-corrected chi connectivity index (χ3v) is 5.01. The molecule has 1 aliphatic rings. The summed E-state index contributed by atoms with van der Waals surface area (Å²) in [6, 6.07) is 15.0. The first kappa shape index (κ1) is 21.2. The molecule has 32 heavy (non-hydrogen) atoms. The number of nitrogens with one attached hydrogen (secondary N) is 2. The van der Waals surface area contributed by atoms with Crippen LogP contribution in [-0.2, 0) is 14.3 Å². The Morgan fingerprint density at radius 3 is 2.59 bits per heavy atom. The average molecular weight is 433 g/mol. The van der Waals surface area contributed by atoms with Crippen molar-refractivity contribution in [3.05, 3.63) is 60.2 Å². The van der Waals surface area contributed by atoms with Crippen molar-refractivity contribution in [2.24, 2.45) is 0 Å². The minimum absolute atomic E-state index is 0.1000. The zero-order valence-corrected chi connectivity index (χ0v) is 17.6. The van der Waals surface area contributed by atoms with Crippen LogP contribution in [0.4, 0.5) is 11.6 Å². The molecule has 0 aliphatic carbocycles. The first-order valence-corrected chi connectivity index (χ1v) is 10.4. The molecule has 0 spiro atoms. The molecule has 2 amide bonds. The number of benzene rings is 2. The molecule has 2 aromatic carbocycles. The van der Waals surface area contributed by atoms with E-state index in [1.807, 2.05) is 37.3 Å². The van der Waals surface area contributed by atoms with Gasteiger partial charge in [0.05, 0.1) is 18.6 Å². The van der Waals surface area contributed by atoms with E-state index in [1.54, 1.807) is 24.3 Å². The van der Waals surface area contributed by atoms with Crippen LogP contribution in [0.5, 0.6) is 0 Å². The normalized spacial score (nSPS) is 14.5. The maximum atomic E-state index is 12.5. The molecule has 1 unspecified atom stereocenters. The monoisotopic (exact) mass is 433 g/mol. The fourth-order valence-corrected chi connectivity index (χ4v) is 3.29. The first-order valence-electron chi connectivity index (χ1n) is 10.4.